The maximum atomic E-state index is 11.4. The van der Waals surface area contributed by atoms with Crippen LogP contribution in [0.3, 0.4) is 0 Å². The molecule has 3 saturated carbocycles. The van der Waals surface area contributed by atoms with Crippen LogP contribution in [0.5, 0.6) is 0 Å². The lowest BCUT2D eigenvalue weighted by molar-refractivity contribution is 0.0985. The van der Waals surface area contributed by atoms with E-state index >= 15 is 0 Å². The Morgan fingerprint density at radius 2 is 2.00 bits per heavy atom. The minimum atomic E-state index is -3.04. The first kappa shape index (κ1) is 22.6. The normalized spacial score (nSPS) is 37.4. The Labute approximate surface area is 177 Å². The number of hydrogen-bond acceptors (Lipinski definition) is 3. The maximum absolute atomic E-state index is 11.4. The van der Waals surface area contributed by atoms with Gasteiger partial charge in [-0.05, 0) is 86.5 Å². The van der Waals surface area contributed by atoms with Crippen LogP contribution in [0, 0.1) is 23.2 Å². The van der Waals surface area contributed by atoms with Crippen LogP contribution in [-0.4, -0.2) is 25.9 Å². The van der Waals surface area contributed by atoms with E-state index in [1.807, 2.05) is 6.08 Å². The van der Waals surface area contributed by atoms with E-state index < -0.39 is 9.84 Å². The molecule has 29 heavy (non-hydrogen) atoms. The number of sulfone groups is 1. The Morgan fingerprint density at radius 1 is 1.24 bits per heavy atom. The van der Waals surface area contributed by atoms with Crippen molar-refractivity contribution in [3.05, 3.63) is 46.9 Å². The number of aliphatic hydroxyl groups excluding tert-OH is 1. The van der Waals surface area contributed by atoms with E-state index in [-0.39, 0.29) is 6.10 Å². The van der Waals surface area contributed by atoms with Crippen molar-refractivity contribution in [1.82, 2.24) is 0 Å². The van der Waals surface area contributed by atoms with Crippen molar-refractivity contribution in [1.29, 1.82) is 0 Å². The first-order chi connectivity index (χ1) is 13.6. The summed E-state index contributed by atoms with van der Waals surface area (Å²) in [5, 5.41) is 11.4. The second-order valence-corrected chi connectivity index (χ2v) is 11.9. The summed E-state index contributed by atoms with van der Waals surface area (Å²) in [5.74, 6) is 1.76. The molecule has 0 aromatic carbocycles. The standard InChI is InChI=1S/C25H38O3S/c1-18-9-12-22(26)17-21(18)11-10-20-8-5-15-25(3)23(13-14-24(20)25)19(2)7-6-16-29(4,27)28/h6,10-11,16,19,22-24,26H,1,5,7-9,12-15,17H2,2-4H3/b16-6+,20-10+,21-11-/t19?,22?,23?,24-,25+/m0/s1. The minimum Gasteiger partial charge on any atom is -0.393 e. The van der Waals surface area contributed by atoms with Gasteiger partial charge in [-0.3, -0.25) is 0 Å². The zero-order chi connectivity index (χ0) is 21.2. The van der Waals surface area contributed by atoms with E-state index in [1.165, 1.54) is 54.9 Å². The predicted molar refractivity (Wildman–Crippen MR) is 121 cm³/mol. The van der Waals surface area contributed by atoms with E-state index in [0.29, 0.717) is 23.2 Å². The fourth-order valence-corrected chi connectivity index (χ4v) is 6.68. The molecule has 3 aliphatic carbocycles. The Balaban J connectivity index is 1.74. The molecule has 0 spiro atoms. The Morgan fingerprint density at radius 3 is 2.72 bits per heavy atom. The average Bonchev–Trinajstić information content (AvgIpc) is 2.99. The van der Waals surface area contributed by atoms with Crippen LogP contribution in [0.25, 0.3) is 0 Å². The fraction of sp³-hybridized carbons (Fsp3) is 0.680. The zero-order valence-corrected chi connectivity index (χ0v) is 19.2. The molecule has 1 N–H and O–H groups in total. The molecule has 0 amide bonds. The van der Waals surface area contributed by atoms with E-state index in [1.54, 1.807) is 5.57 Å². The molecule has 0 bridgehead atoms. The van der Waals surface area contributed by atoms with Gasteiger partial charge in [0.05, 0.1) is 6.10 Å². The number of rotatable bonds is 5. The number of hydrogen-bond donors (Lipinski definition) is 1. The van der Waals surface area contributed by atoms with Crippen molar-refractivity contribution in [2.45, 2.75) is 77.7 Å². The monoisotopic (exact) mass is 418 g/mol. The molecule has 3 unspecified atom stereocenters. The highest BCUT2D eigenvalue weighted by atomic mass is 32.2. The Kier molecular flexibility index (Phi) is 6.95. The highest BCUT2D eigenvalue weighted by Gasteiger charge is 2.50. The van der Waals surface area contributed by atoms with Gasteiger partial charge in [-0.15, -0.1) is 0 Å². The number of allylic oxidation sites excluding steroid dienone is 5. The highest BCUT2D eigenvalue weighted by Crippen LogP contribution is 2.59. The van der Waals surface area contributed by atoms with Crippen LogP contribution >= 0.6 is 0 Å². The molecule has 0 radical (unpaired) electrons. The fourth-order valence-electron chi connectivity index (χ4n) is 6.22. The molecule has 0 saturated heterocycles. The molecule has 4 heteroatoms. The van der Waals surface area contributed by atoms with E-state index in [0.717, 1.165) is 25.7 Å². The SMILES string of the molecule is C=C1CCC(O)C/C1=C/C=C1\CCC[C@]2(C)C(C(C)C/C=C/S(C)(=O)=O)CC[C@@H]12. The van der Waals surface area contributed by atoms with Crippen LogP contribution in [0.4, 0.5) is 0 Å². The molecule has 3 fully saturated rings. The van der Waals surface area contributed by atoms with Gasteiger partial charge >= 0.3 is 0 Å². The minimum absolute atomic E-state index is 0.224. The summed E-state index contributed by atoms with van der Waals surface area (Å²) in [6.45, 7) is 8.95. The third kappa shape index (κ3) is 5.32. The van der Waals surface area contributed by atoms with Crippen molar-refractivity contribution >= 4 is 9.84 Å². The van der Waals surface area contributed by atoms with Gasteiger partial charge in [-0.1, -0.05) is 49.8 Å². The Bertz CT molecular complexity index is 817. The van der Waals surface area contributed by atoms with Gasteiger partial charge in [0, 0.05) is 11.7 Å². The third-order valence-electron chi connectivity index (χ3n) is 7.76. The van der Waals surface area contributed by atoms with Gasteiger partial charge in [-0.25, -0.2) is 8.42 Å². The van der Waals surface area contributed by atoms with Crippen LogP contribution in [0.1, 0.15) is 71.6 Å². The van der Waals surface area contributed by atoms with Crippen molar-refractivity contribution in [2.24, 2.45) is 23.2 Å². The number of fused-ring (bicyclic) bond motifs is 1. The third-order valence-corrected chi connectivity index (χ3v) is 8.45. The Hall–Kier alpha value is -1.13. The highest BCUT2D eigenvalue weighted by molar-refractivity contribution is 7.93. The van der Waals surface area contributed by atoms with Crippen molar-refractivity contribution in [2.75, 3.05) is 6.26 Å². The maximum Gasteiger partial charge on any atom is 0.168 e. The molecular weight excluding hydrogens is 380 g/mol. The van der Waals surface area contributed by atoms with Gasteiger partial charge in [0.25, 0.3) is 0 Å². The molecule has 3 rings (SSSR count). The van der Waals surface area contributed by atoms with Crippen molar-refractivity contribution in [3.8, 4) is 0 Å². The lowest BCUT2D eigenvalue weighted by Crippen LogP contribution is -2.35. The second-order valence-electron chi connectivity index (χ2n) is 9.94. The van der Waals surface area contributed by atoms with E-state index in [2.05, 4.69) is 32.6 Å². The smallest absolute Gasteiger partial charge is 0.168 e. The summed E-state index contributed by atoms with van der Waals surface area (Å²) in [5.41, 5.74) is 4.28. The molecule has 5 atom stereocenters. The lowest BCUT2D eigenvalue weighted by Gasteiger charge is -2.44. The summed E-state index contributed by atoms with van der Waals surface area (Å²) in [6, 6.07) is 0. The quantitative estimate of drug-likeness (QED) is 0.619. The summed E-state index contributed by atoms with van der Waals surface area (Å²) < 4.78 is 22.8. The second kappa shape index (κ2) is 8.93. The van der Waals surface area contributed by atoms with Crippen molar-refractivity contribution in [3.63, 3.8) is 0 Å². The molecule has 0 aliphatic heterocycles. The lowest BCUT2D eigenvalue weighted by atomic mass is 9.61. The van der Waals surface area contributed by atoms with Gasteiger partial charge < -0.3 is 5.11 Å². The van der Waals surface area contributed by atoms with Crippen LogP contribution in [0.2, 0.25) is 0 Å². The van der Waals surface area contributed by atoms with Crippen LogP contribution in [0.15, 0.2) is 46.9 Å². The molecule has 0 aromatic rings. The number of aliphatic hydroxyl groups is 1. The first-order valence-corrected chi connectivity index (χ1v) is 13.2. The van der Waals surface area contributed by atoms with Gasteiger partial charge in [0.1, 0.15) is 0 Å². The summed E-state index contributed by atoms with van der Waals surface area (Å²) >= 11 is 0. The van der Waals surface area contributed by atoms with Crippen LogP contribution < -0.4 is 0 Å². The largest absolute Gasteiger partial charge is 0.393 e. The molecule has 3 nitrogen and oxygen atoms in total. The van der Waals surface area contributed by atoms with E-state index in [9.17, 15) is 13.5 Å². The summed E-state index contributed by atoms with van der Waals surface area (Å²) in [6.07, 6.45) is 16.9. The van der Waals surface area contributed by atoms with Gasteiger partial charge in [-0.2, -0.15) is 0 Å². The average molecular weight is 419 g/mol. The molecule has 162 valence electrons. The van der Waals surface area contributed by atoms with Crippen molar-refractivity contribution < 1.29 is 13.5 Å². The predicted octanol–water partition coefficient (Wildman–Crippen LogP) is 5.74. The topological polar surface area (TPSA) is 54.4 Å². The molecule has 3 aliphatic rings. The van der Waals surface area contributed by atoms with Gasteiger partial charge in [0.15, 0.2) is 9.84 Å². The first-order valence-electron chi connectivity index (χ1n) is 11.2. The zero-order valence-electron chi connectivity index (χ0n) is 18.4. The summed E-state index contributed by atoms with van der Waals surface area (Å²) in [4.78, 5) is 0. The van der Waals surface area contributed by atoms with E-state index in [4.69, 9.17) is 0 Å². The molecule has 0 aromatic heterocycles. The molecule has 0 heterocycles. The van der Waals surface area contributed by atoms with Gasteiger partial charge in [0.2, 0.25) is 0 Å². The summed E-state index contributed by atoms with van der Waals surface area (Å²) in [7, 11) is -3.04. The molecular formula is C25H38O3S. The van der Waals surface area contributed by atoms with Crippen LogP contribution in [-0.2, 0) is 9.84 Å².